The number of nitrogens with zero attached hydrogens (tertiary/aromatic N) is 3. The van der Waals surface area contributed by atoms with E-state index in [-0.39, 0.29) is 35.6 Å². The number of halogens is 1. The fraction of sp³-hybridized carbons (Fsp3) is 0.471. The van der Waals surface area contributed by atoms with E-state index < -0.39 is 6.10 Å². The molecule has 1 aromatic carbocycles. The van der Waals surface area contributed by atoms with E-state index in [0.29, 0.717) is 13.0 Å². The summed E-state index contributed by atoms with van der Waals surface area (Å²) in [6.45, 7) is 0.604. The number of hydrogen-bond acceptors (Lipinski definition) is 5. The fourth-order valence-corrected chi connectivity index (χ4v) is 3.12. The molecular formula is C17H19FN4O3. The summed E-state index contributed by atoms with van der Waals surface area (Å²) in [7, 11) is 0. The van der Waals surface area contributed by atoms with Gasteiger partial charge in [-0.05, 0) is 37.0 Å². The van der Waals surface area contributed by atoms with Crippen molar-refractivity contribution >= 4 is 5.91 Å². The van der Waals surface area contributed by atoms with Crippen molar-refractivity contribution in [3.8, 4) is 0 Å². The molecule has 2 fully saturated rings. The van der Waals surface area contributed by atoms with Crippen LogP contribution < -0.4 is 5.32 Å². The summed E-state index contributed by atoms with van der Waals surface area (Å²) in [5, 5.41) is 20.7. The number of aromatic nitrogens is 3. The summed E-state index contributed by atoms with van der Waals surface area (Å²) in [4.78, 5) is 12.5. The van der Waals surface area contributed by atoms with Gasteiger partial charge in [-0.15, -0.1) is 5.10 Å². The van der Waals surface area contributed by atoms with E-state index in [0.717, 1.165) is 18.4 Å². The number of aliphatic hydroxyl groups is 1. The summed E-state index contributed by atoms with van der Waals surface area (Å²) in [6.07, 6.45) is 3.29. The second-order valence-electron chi connectivity index (χ2n) is 6.79. The highest BCUT2D eigenvalue weighted by Gasteiger charge is 2.44. The first-order valence-electron chi connectivity index (χ1n) is 8.29. The third-order valence-corrected chi connectivity index (χ3v) is 4.79. The molecule has 1 saturated carbocycles. The highest BCUT2D eigenvalue weighted by molar-refractivity contribution is 5.92. The third-order valence-electron chi connectivity index (χ3n) is 4.79. The zero-order valence-electron chi connectivity index (χ0n) is 13.6. The van der Waals surface area contributed by atoms with Crippen LogP contribution in [0.25, 0.3) is 0 Å². The zero-order valence-corrected chi connectivity index (χ0v) is 13.6. The van der Waals surface area contributed by atoms with Crippen molar-refractivity contribution in [1.29, 1.82) is 0 Å². The molecule has 1 amide bonds. The van der Waals surface area contributed by atoms with E-state index >= 15 is 0 Å². The molecule has 2 aliphatic rings. The minimum absolute atomic E-state index is 0.212. The van der Waals surface area contributed by atoms with Gasteiger partial charge in [0.25, 0.3) is 5.91 Å². The van der Waals surface area contributed by atoms with Crippen LogP contribution >= 0.6 is 0 Å². The van der Waals surface area contributed by atoms with Crippen molar-refractivity contribution in [3.63, 3.8) is 0 Å². The van der Waals surface area contributed by atoms with Crippen molar-refractivity contribution in [1.82, 2.24) is 20.3 Å². The first-order chi connectivity index (χ1) is 12.0. The van der Waals surface area contributed by atoms with Crippen LogP contribution in [0, 0.1) is 5.82 Å². The lowest BCUT2D eigenvalue weighted by Crippen LogP contribution is -2.38. The van der Waals surface area contributed by atoms with E-state index in [1.54, 1.807) is 12.1 Å². The molecule has 2 aromatic rings. The van der Waals surface area contributed by atoms with Crippen molar-refractivity contribution in [2.45, 2.75) is 36.9 Å². The summed E-state index contributed by atoms with van der Waals surface area (Å²) in [6, 6.07) is 6.00. The normalized spacial score (nSPS) is 24.2. The molecule has 2 N–H and O–H groups in total. The molecule has 1 aliphatic carbocycles. The molecule has 0 unspecified atom stereocenters. The molecule has 2 atom stereocenters. The minimum atomic E-state index is -0.647. The van der Waals surface area contributed by atoms with Crippen molar-refractivity contribution < 1.29 is 19.0 Å². The van der Waals surface area contributed by atoms with E-state index in [9.17, 15) is 14.3 Å². The van der Waals surface area contributed by atoms with Gasteiger partial charge in [-0.25, -0.2) is 9.07 Å². The maximum atomic E-state index is 13.0. The van der Waals surface area contributed by atoms with E-state index in [1.807, 2.05) is 0 Å². The standard InChI is InChI=1S/C17H19FN4O3/c18-12-3-1-11(2-4-12)7-17(5-6-17)19-16(24)13-8-22(21-20-13)14-9-25-10-15(14)23/h1-4,8,14-15,23H,5-7,9-10H2,(H,19,24)/t14-,15-/m1/s1. The van der Waals surface area contributed by atoms with Gasteiger partial charge in [0.1, 0.15) is 18.0 Å². The Morgan fingerprint density at radius 3 is 2.76 bits per heavy atom. The zero-order chi connectivity index (χ0) is 17.4. The van der Waals surface area contributed by atoms with Crippen LogP contribution in [0.1, 0.15) is 34.9 Å². The highest BCUT2D eigenvalue weighted by atomic mass is 19.1. The number of hydrogen-bond donors (Lipinski definition) is 2. The molecule has 1 saturated heterocycles. The van der Waals surface area contributed by atoms with E-state index in [2.05, 4.69) is 15.6 Å². The lowest BCUT2D eigenvalue weighted by Gasteiger charge is -2.16. The maximum Gasteiger partial charge on any atom is 0.273 e. The van der Waals surface area contributed by atoms with Gasteiger partial charge in [-0.1, -0.05) is 17.3 Å². The topological polar surface area (TPSA) is 89.3 Å². The van der Waals surface area contributed by atoms with Crippen molar-refractivity contribution in [3.05, 3.63) is 47.5 Å². The average molecular weight is 346 g/mol. The Morgan fingerprint density at radius 2 is 2.12 bits per heavy atom. The molecule has 2 heterocycles. The number of rotatable bonds is 5. The molecule has 7 nitrogen and oxygen atoms in total. The second-order valence-corrected chi connectivity index (χ2v) is 6.79. The van der Waals surface area contributed by atoms with Gasteiger partial charge in [0.15, 0.2) is 5.69 Å². The van der Waals surface area contributed by atoms with Gasteiger partial charge >= 0.3 is 0 Å². The average Bonchev–Trinajstić information content (AvgIpc) is 2.99. The van der Waals surface area contributed by atoms with Crippen molar-refractivity contribution in [2.75, 3.05) is 13.2 Å². The van der Waals surface area contributed by atoms with Crippen LogP contribution in [-0.2, 0) is 11.2 Å². The third kappa shape index (κ3) is 3.40. The number of nitrogens with one attached hydrogen (secondary N) is 1. The second kappa shape index (κ2) is 6.20. The maximum absolute atomic E-state index is 13.0. The molecule has 8 heteroatoms. The van der Waals surface area contributed by atoms with Crippen LogP contribution in [0.4, 0.5) is 4.39 Å². The molecule has 1 aromatic heterocycles. The number of amides is 1. The number of benzene rings is 1. The van der Waals surface area contributed by atoms with Crippen LogP contribution in [-0.4, -0.2) is 50.9 Å². The Hall–Kier alpha value is -2.32. The SMILES string of the molecule is O=C(NC1(Cc2ccc(F)cc2)CC1)c1cn([C@@H]2COC[C@H]2O)nn1. The lowest BCUT2D eigenvalue weighted by atomic mass is 10.0. The number of carbonyl (C=O) groups is 1. The highest BCUT2D eigenvalue weighted by Crippen LogP contribution is 2.38. The Labute approximate surface area is 143 Å². The van der Waals surface area contributed by atoms with Gasteiger partial charge in [0, 0.05) is 5.54 Å². The van der Waals surface area contributed by atoms with Gasteiger partial charge in [0.05, 0.1) is 19.4 Å². The Bertz CT molecular complexity index is 772. The van der Waals surface area contributed by atoms with Crippen LogP contribution in [0.5, 0.6) is 0 Å². The molecule has 0 bridgehead atoms. The molecular weight excluding hydrogens is 327 g/mol. The fourth-order valence-electron chi connectivity index (χ4n) is 3.12. The van der Waals surface area contributed by atoms with Gasteiger partial charge < -0.3 is 15.2 Å². The summed E-state index contributed by atoms with van der Waals surface area (Å²) < 4.78 is 19.7. The van der Waals surface area contributed by atoms with Crippen LogP contribution in [0.15, 0.2) is 30.5 Å². The Morgan fingerprint density at radius 1 is 1.36 bits per heavy atom. The predicted molar refractivity (Wildman–Crippen MR) is 85.4 cm³/mol. The molecule has 0 spiro atoms. The first kappa shape index (κ1) is 16.2. The molecule has 4 rings (SSSR count). The Balaban J connectivity index is 1.41. The lowest BCUT2D eigenvalue weighted by molar-refractivity contribution is 0.0926. The summed E-state index contributed by atoms with van der Waals surface area (Å²) >= 11 is 0. The van der Waals surface area contributed by atoms with Crippen LogP contribution in [0.2, 0.25) is 0 Å². The smallest absolute Gasteiger partial charge is 0.273 e. The quantitative estimate of drug-likeness (QED) is 0.838. The Kier molecular flexibility index (Phi) is 4.01. The van der Waals surface area contributed by atoms with Gasteiger partial charge in [-0.3, -0.25) is 4.79 Å². The number of carbonyl (C=O) groups excluding carboxylic acids is 1. The molecule has 25 heavy (non-hydrogen) atoms. The van der Waals surface area contributed by atoms with E-state index in [1.165, 1.54) is 23.0 Å². The van der Waals surface area contributed by atoms with E-state index in [4.69, 9.17) is 4.74 Å². The first-order valence-corrected chi connectivity index (χ1v) is 8.29. The molecule has 1 aliphatic heterocycles. The summed E-state index contributed by atoms with van der Waals surface area (Å²) in [5.41, 5.74) is 0.896. The molecule has 0 radical (unpaired) electrons. The monoisotopic (exact) mass is 346 g/mol. The molecule has 132 valence electrons. The van der Waals surface area contributed by atoms with Gasteiger partial charge in [-0.2, -0.15) is 0 Å². The van der Waals surface area contributed by atoms with Gasteiger partial charge in [0.2, 0.25) is 0 Å². The number of aliphatic hydroxyl groups excluding tert-OH is 1. The minimum Gasteiger partial charge on any atom is -0.388 e. The largest absolute Gasteiger partial charge is 0.388 e. The predicted octanol–water partition coefficient (Wildman–Crippen LogP) is 0.854. The summed E-state index contributed by atoms with van der Waals surface area (Å²) in [5.74, 6) is -0.563. The number of ether oxygens (including phenoxy) is 1. The van der Waals surface area contributed by atoms with Crippen LogP contribution in [0.3, 0.4) is 0 Å². The van der Waals surface area contributed by atoms with Crippen molar-refractivity contribution in [2.24, 2.45) is 0 Å².